The van der Waals surface area contributed by atoms with Gasteiger partial charge >= 0.3 is 0 Å². The Morgan fingerprint density at radius 1 is 0.679 bits per heavy atom. The molecule has 0 amide bonds. The molecule has 5 rings (SSSR count). The summed E-state index contributed by atoms with van der Waals surface area (Å²) in [4.78, 5) is 25.2. The van der Waals surface area contributed by atoms with Crippen LogP contribution in [-0.2, 0) is 0 Å². The van der Waals surface area contributed by atoms with Gasteiger partial charge in [0, 0.05) is 18.1 Å². The van der Waals surface area contributed by atoms with Gasteiger partial charge in [-0.3, -0.25) is 14.8 Å². The summed E-state index contributed by atoms with van der Waals surface area (Å²) in [5.41, 5.74) is 3.61. The number of hydrogen-bond donors (Lipinski definition) is 1. The van der Waals surface area contributed by atoms with Crippen LogP contribution in [0, 0.1) is 0 Å². The smallest absolute Gasteiger partial charge is 0.188 e. The Bertz CT molecular complexity index is 1290. The lowest BCUT2D eigenvalue weighted by molar-refractivity contribution is 0.846. The molecule has 1 N–H and O–H groups in total. The zero-order valence-electron chi connectivity index (χ0n) is 15.0. The number of hydrogen-bond acceptors (Lipinski definition) is 3. The van der Waals surface area contributed by atoms with Crippen LogP contribution in [0.5, 0.6) is 0 Å². The van der Waals surface area contributed by atoms with E-state index in [1.165, 1.54) is 0 Å². The molecule has 4 nitrogen and oxygen atoms in total. The Hall–Kier alpha value is -3.79. The summed E-state index contributed by atoms with van der Waals surface area (Å²) in [5, 5.41) is 2.64. The molecule has 0 bridgehead atoms. The molecule has 0 aliphatic carbocycles. The van der Waals surface area contributed by atoms with Crippen LogP contribution < -0.4 is 5.43 Å². The van der Waals surface area contributed by atoms with Crippen molar-refractivity contribution in [2.24, 2.45) is 0 Å². The van der Waals surface area contributed by atoms with Crippen molar-refractivity contribution in [3.63, 3.8) is 0 Å². The zero-order valence-corrected chi connectivity index (χ0v) is 15.0. The van der Waals surface area contributed by atoms with E-state index in [1.54, 1.807) is 24.5 Å². The molecular formula is C24H17N3O. The summed E-state index contributed by atoms with van der Waals surface area (Å²) in [6.45, 7) is 0. The lowest BCUT2D eigenvalue weighted by Gasteiger charge is -2.17. The standard InChI is InChI=1S/C24H17N3O/c28-21-9-5-6-16-10-11-17-12-13-20(27-24(17)22(16)21)23(18-7-1-3-14-25-18)19-8-2-4-15-26-19/h1-15,23,27H. The van der Waals surface area contributed by atoms with Crippen LogP contribution in [-0.4, -0.2) is 15.0 Å². The average molecular weight is 363 g/mol. The molecule has 134 valence electrons. The average Bonchev–Trinajstić information content (AvgIpc) is 2.75. The molecular weight excluding hydrogens is 346 g/mol. The SMILES string of the molecule is O=c1cccc2ccc3ccc(C(c4ccccn4)c4ccccn4)[nH]c3c12. The largest absolute Gasteiger partial charge is 0.357 e. The van der Waals surface area contributed by atoms with Crippen molar-refractivity contribution in [3.05, 3.63) is 119 Å². The van der Waals surface area contributed by atoms with Crippen molar-refractivity contribution in [2.45, 2.75) is 5.92 Å². The Labute approximate surface area is 161 Å². The maximum atomic E-state index is 12.6. The fourth-order valence-electron chi connectivity index (χ4n) is 3.73. The molecule has 0 unspecified atom stereocenters. The molecule has 0 spiro atoms. The number of benzene rings is 2. The van der Waals surface area contributed by atoms with Gasteiger partial charge in [0.25, 0.3) is 0 Å². The first kappa shape index (κ1) is 16.4. The van der Waals surface area contributed by atoms with E-state index in [1.807, 2.05) is 60.7 Å². The van der Waals surface area contributed by atoms with Crippen LogP contribution in [0.25, 0.3) is 21.7 Å². The van der Waals surface area contributed by atoms with Crippen LogP contribution in [0.4, 0.5) is 0 Å². The van der Waals surface area contributed by atoms with Crippen molar-refractivity contribution in [1.29, 1.82) is 0 Å². The van der Waals surface area contributed by atoms with Crippen molar-refractivity contribution in [2.75, 3.05) is 0 Å². The molecule has 2 aromatic carbocycles. The van der Waals surface area contributed by atoms with Crippen LogP contribution in [0.15, 0.2) is 96.1 Å². The summed E-state index contributed by atoms with van der Waals surface area (Å²) < 4.78 is 0. The third-order valence-corrected chi connectivity index (χ3v) is 5.03. The summed E-state index contributed by atoms with van der Waals surface area (Å²) >= 11 is 0. The van der Waals surface area contributed by atoms with Crippen LogP contribution in [0.3, 0.4) is 0 Å². The normalized spacial score (nSPS) is 11.3. The van der Waals surface area contributed by atoms with Crippen LogP contribution in [0.2, 0.25) is 0 Å². The number of H-pyrrole nitrogens is 1. The first-order chi connectivity index (χ1) is 13.8. The van der Waals surface area contributed by atoms with Gasteiger partial charge in [-0.25, -0.2) is 0 Å². The van der Waals surface area contributed by atoms with E-state index in [4.69, 9.17) is 0 Å². The van der Waals surface area contributed by atoms with Crippen molar-refractivity contribution < 1.29 is 0 Å². The highest BCUT2D eigenvalue weighted by molar-refractivity contribution is 6.04. The van der Waals surface area contributed by atoms with Crippen molar-refractivity contribution in [3.8, 4) is 0 Å². The highest BCUT2D eigenvalue weighted by Crippen LogP contribution is 2.30. The minimum absolute atomic E-state index is 0.0173. The van der Waals surface area contributed by atoms with Gasteiger partial charge in [-0.2, -0.15) is 0 Å². The number of nitrogens with zero attached hydrogens (tertiary/aromatic N) is 2. The first-order valence-electron chi connectivity index (χ1n) is 9.18. The Balaban J connectivity index is 1.80. The van der Waals surface area contributed by atoms with Crippen LogP contribution in [0.1, 0.15) is 23.0 Å². The van der Waals surface area contributed by atoms with Crippen molar-refractivity contribution in [1.82, 2.24) is 15.0 Å². The Morgan fingerprint density at radius 2 is 1.36 bits per heavy atom. The second kappa shape index (κ2) is 6.74. The molecule has 0 saturated carbocycles. The summed E-state index contributed by atoms with van der Waals surface area (Å²) in [6.07, 6.45) is 3.58. The zero-order chi connectivity index (χ0) is 18.9. The monoisotopic (exact) mass is 363 g/mol. The van der Waals surface area contributed by atoms with E-state index in [-0.39, 0.29) is 11.3 Å². The Morgan fingerprint density at radius 3 is 2.04 bits per heavy atom. The van der Waals surface area contributed by atoms with Crippen LogP contribution >= 0.6 is 0 Å². The Kier molecular flexibility index (Phi) is 3.95. The maximum Gasteiger partial charge on any atom is 0.188 e. The lowest BCUT2D eigenvalue weighted by atomic mass is 9.94. The van der Waals surface area contributed by atoms with Gasteiger partial charge in [0.15, 0.2) is 5.43 Å². The fraction of sp³-hybridized carbons (Fsp3) is 0.0417. The molecule has 3 aromatic heterocycles. The predicted octanol–water partition coefficient (Wildman–Crippen LogP) is 4.65. The maximum absolute atomic E-state index is 12.6. The van der Waals surface area contributed by atoms with Gasteiger partial charge in [-0.05, 0) is 47.2 Å². The molecule has 0 saturated heterocycles. The van der Waals surface area contributed by atoms with E-state index in [9.17, 15) is 4.79 Å². The van der Waals surface area contributed by atoms with Gasteiger partial charge < -0.3 is 4.98 Å². The predicted molar refractivity (Wildman–Crippen MR) is 111 cm³/mol. The molecule has 28 heavy (non-hydrogen) atoms. The number of nitrogens with one attached hydrogen (secondary N) is 1. The lowest BCUT2D eigenvalue weighted by Crippen LogP contribution is -2.09. The summed E-state index contributed by atoms with van der Waals surface area (Å²) in [5.74, 6) is -0.152. The number of aromatic amines is 1. The number of rotatable bonds is 3. The van der Waals surface area contributed by atoms with Gasteiger partial charge in [-0.15, -0.1) is 0 Å². The number of pyridine rings is 3. The van der Waals surface area contributed by atoms with Gasteiger partial charge in [0.2, 0.25) is 0 Å². The van der Waals surface area contributed by atoms with Gasteiger partial charge in [0.1, 0.15) is 0 Å². The quantitative estimate of drug-likeness (QED) is 0.475. The number of aromatic nitrogens is 3. The van der Waals surface area contributed by atoms with Gasteiger partial charge in [-0.1, -0.05) is 42.5 Å². The molecule has 0 fully saturated rings. The molecule has 0 aliphatic rings. The molecule has 0 atom stereocenters. The summed E-state index contributed by atoms with van der Waals surface area (Å²) in [6, 6.07) is 25.2. The van der Waals surface area contributed by atoms with E-state index in [0.717, 1.165) is 33.4 Å². The molecule has 0 radical (unpaired) electrons. The third kappa shape index (κ3) is 2.76. The third-order valence-electron chi connectivity index (χ3n) is 5.03. The van der Waals surface area contributed by atoms with E-state index in [0.29, 0.717) is 5.39 Å². The first-order valence-corrected chi connectivity index (χ1v) is 9.18. The second-order valence-corrected chi connectivity index (χ2v) is 6.74. The molecule has 5 aromatic rings. The minimum atomic E-state index is -0.152. The van der Waals surface area contributed by atoms with E-state index < -0.39 is 0 Å². The molecule has 0 aliphatic heterocycles. The van der Waals surface area contributed by atoms with E-state index >= 15 is 0 Å². The highest BCUT2D eigenvalue weighted by atomic mass is 16.1. The molecule has 3 heterocycles. The highest BCUT2D eigenvalue weighted by Gasteiger charge is 2.20. The topological polar surface area (TPSA) is 58.6 Å². The van der Waals surface area contributed by atoms with Gasteiger partial charge in [0.05, 0.1) is 28.2 Å². The van der Waals surface area contributed by atoms with Crippen molar-refractivity contribution >= 4 is 21.7 Å². The summed E-state index contributed by atoms with van der Waals surface area (Å²) in [7, 11) is 0. The number of fused-ring (bicyclic) bond motifs is 3. The van der Waals surface area contributed by atoms with E-state index in [2.05, 4.69) is 21.0 Å². The molecule has 4 heteroatoms. The second-order valence-electron chi connectivity index (χ2n) is 6.74. The minimum Gasteiger partial charge on any atom is -0.357 e. The fourth-order valence-corrected chi connectivity index (χ4v) is 3.73.